The van der Waals surface area contributed by atoms with Crippen molar-refractivity contribution < 1.29 is 19.1 Å². The van der Waals surface area contributed by atoms with Gasteiger partial charge in [0.25, 0.3) is 5.91 Å². The van der Waals surface area contributed by atoms with E-state index in [4.69, 9.17) is 9.47 Å². The van der Waals surface area contributed by atoms with Crippen molar-refractivity contribution in [2.45, 2.75) is 13.8 Å². The standard InChI is InChI=1S/C13H18N2O4/c1-8(2)12(16)14-15-13(17)9-5-10(18-3)7-11(6-9)19-4/h5-8H,1-4H3,(H,14,16)(H,15,17). The van der Waals surface area contributed by atoms with Crippen molar-refractivity contribution in [1.82, 2.24) is 10.9 Å². The molecule has 104 valence electrons. The van der Waals surface area contributed by atoms with E-state index in [9.17, 15) is 9.59 Å². The van der Waals surface area contributed by atoms with Gasteiger partial charge in [-0.15, -0.1) is 0 Å². The quantitative estimate of drug-likeness (QED) is 0.801. The molecule has 0 bridgehead atoms. The number of hydrazine groups is 1. The summed E-state index contributed by atoms with van der Waals surface area (Å²) in [6, 6.07) is 4.77. The lowest BCUT2D eigenvalue weighted by Crippen LogP contribution is -2.43. The van der Waals surface area contributed by atoms with E-state index < -0.39 is 5.91 Å². The van der Waals surface area contributed by atoms with Crippen molar-refractivity contribution in [3.05, 3.63) is 23.8 Å². The molecule has 6 nitrogen and oxygen atoms in total. The van der Waals surface area contributed by atoms with Gasteiger partial charge < -0.3 is 9.47 Å². The topological polar surface area (TPSA) is 76.7 Å². The van der Waals surface area contributed by atoms with E-state index in [1.165, 1.54) is 14.2 Å². The third kappa shape index (κ3) is 4.17. The van der Waals surface area contributed by atoms with Crippen LogP contribution in [0.25, 0.3) is 0 Å². The van der Waals surface area contributed by atoms with Gasteiger partial charge in [-0.3, -0.25) is 20.4 Å². The number of ether oxygens (including phenoxy) is 2. The fraction of sp³-hybridized carbons (Fsp3) is 0.385. The van der Waals surface area contributed by atoms with Crippen LogP contribution in [-0.4, -0.2) is 26.0 Å². The molecule has 1 aromatic rings. The molecule has 0 saturated carbocycles. The van der Waals surface area contributed by atoms with Gasteiger partial charge in [0.2, 0.25) is 5.91 Å². The van der Waals surface area contributed by atoms with Gasteiger partial charge in [0.1, 0.15) is 11.5 Å². The molecule has 0 aliphatic rings. The molecule has 1 rings (SSSR count). The highest BCUT2D eigenvalue weighted by Gasteiger charge is 2.12. The molecular weight excluding hydrogens is 248 g/mol. The summed E-state index contributed by atoms with van der Waals surface area (Å²) < 4.78 is 10.1. The third-order valence-corrected chi connectivity index (χ3v) is 2.44. The Bertz CT molecular complexity index is 449. The first-order chi connectivity index (χ1) is 8.97. The molecule has 0 spiro atoms. The van der Waals surface area contributed by atoms with Gasteiger partial charge in [0.05, 0.1) is 14.2 Å². The van der Waals surface area contributed by atoms with Gasteiger partial charge in [0.15, 0.2) is 0 Å². The van der Waals surface area contributed by atoms with E-state index in [-0.39, 0.29) is 11.8 Å². The second-order valence-electron chi connectivity index (χ2n) is 4.20. The van der Waals surface area contributed by atoms with Crippen molar-refractivity contribution in [2.24, 2.45) is 5.92 Å². The van der Waals surface area contributed by atoms with Crippen molar-refractivity contribution in [1.29, 1.82) is 0 Å². The van der Waals surface area contributed by atoms with Crippen LogP contribution in [0.5, 0.6) is 11.5 Å². The molecule has 0 aliphatic carbocycles. The number of amides is 2. The maximum absolute atomic E-state index is 11.9. The number of hydrogen-bond donors (Lipinski definition) is 2. The number of nitrogens with one attached hydrogen (secondary N) is 2. The summed E-state index contributed by atoms with van der Waals surface area (Å²) in [4.78, 5) is 23.2. The molecule has 2 N–H and O–H groups in total. The van der Waals surface area contributed by atoms with Crippen LogP contribution in [0.3, 0.4) is 0 Å². The first kappa shape index (κ1) is 14.8. The van der Waals surface area contributed by atoms with Gasteiger partial charge in [-0.25, -0.2) is 0 Å². The Hall–Kier alpha value is -2.24. The van der Waals surface area contributed by atoms with E-state index in [0.29, 0.717) is 17.1 Å². The van der Waals surface area contributed by atoms with Crippen LogP contribution in [0.4, 0.5) is 0 Å². The summed E-state index contributed by atoms with van der Waals surface area (Å²) in [6.07, 6.45) is 0. The molecule has 0 saturated heterocycles. The lowest BCUT2D eigenvalue weighted by Gasteiger charge is -2.11. The molecule has 0 unspecified atom stereocenters. The SMILES string of the molecule is COc1cc(OC)cc(C(=O)NNC(=O)C(C)C)c1. The average molecular weight is 266 g/mol. The van der Waals surface area contributed by atoms with E-state index in [1.54, 1.807) is 32.0 Å². The highest BCUT2D eigenvalue weighted by Crippen LogP contribution is 2.22. The monoisotopic (exact) mass is 266 g/mol. The normalized spacial score (nSPS) is 9.95. The fourth-order valence-electron chi connectivity index (χ4n) is 1.27. The zero-order valence-electron chi connectivity index (χ0n) is 11.4. The van der Waals surface area contributed by atoms with Crippen LogP contribution >= 0.6 is 0 Å². The predicted octanol–water partition coefficient (Wildman–Crippen LogP) is 1.12. The van der Waals surface area contributed by atoms with Crippen LogP contribution in [-0.2, 0) is 4.79 Å². The first-order valence-corrected chi connectivity index (χ1v) is 5.81. The smallest absolute Gasteiger partial charge is 0.269 e. The summed E-state index contributed by atoms with van der Waals surface area (Å²) >= 11 is 0. The number of rotatable bonds is 4. The maximum Gasteiger partial charge on any atom is 0.269 e. The van der Waals surface area contributed by atoms with E-state index >= 15 is 0 Å². The third-order valence-electron chi connectivity index (χ3n) is 2.44. The Kier molecular flexibility index (Phi) is 5.17. The van der Waals surface area contributed by atoms with Crippen molar-refractivity contribution in [3.63, 3.8) is 0 Å². The Labute approximate surface area is 112 Å². The molecular formula is C13H18N2O4. The zero-order chi connectivity index (χ0) is 14.4. The van der Waals surface area contributed by atoms with E-state index in [2.05, 4.69) is 10.9 Å². The van der Waals surface area contributed by atoms with Crippen LogP contribution in [0.2, 0.25) is 0 Å². The molecule has 1 aromatic carbocycles. The van der Waals surface area contributed by atoms with Crippen LogP contribution in [0.15, 0.2) is 18.2 Å². The van der Waals surface area contributed by atoms with E-state index in [1.807, 2.05) is 0 Å². The molecule has 0 heterocycles. The lowest BCUT2D eigenvalue weighted by molar-refractivity contribution is -0.124. The molecule has 0 atom stereocenters. The second-order valence-corrected chi connectivity index (χ2v) is 4.20. The minimum Gasteiger partial charge on any atom is -0.497 e. The van der Waals surface area contributed by atoms with E-state index in [0.717, 1.165) is 0 Å². The zero-order valence-corrected chi connectivity index (χ0v) is 11.4. The van der Waals surface area contributed by atoms with Crippen LogP contribution in [0, 0.1) is 5.92 Å². The average Bonchev–Trinajstić information content (AvgIpc) is 2.43. The van der Waals surface area contributed by atoms with Crippen LogP contribution < -0.4 is 20.3 Å². The summed E-state index contributed by atoms with van der Waals surface area (Å²) in [5.41, 5.74) is 5.00. The summed E-state index contributed by atoms with van der Waals surface area (Å²) in [5.74, 6) is 0.0916. The van der Waals surface area contributed by atoms with Gasteiger partial charge in [-0.1, -0.05) is 13.8 Å². The van der Waals surface area contributed by atoms with Crippen molar-refractivity contribution in [2.75, 3.05) is 14.2 Å². The summed E-state index contributed by atoms with van der Waals surface area (Å²) in [6.45, 7) is 3.46. The Morgan fingerprint density at radius 1 is 1.00 bits per heavy atom. The number of benzene rings is 1. The van der Waals surface area contributed by atoms with Crippen molar-refractivity contribution >= 4 is 11.8 Å². The summed E-state index contributed by atoms with van der Waals surface area (Å²) in [7, 11) is 2.99. The maximum atomic E-state index is 11.9. The number of hydrogen-bond acceptors (Lipinski definition) is 4. The fourth-order valence-corrected chi connectivity index (χ4v) is 1.27. The molecule has 0 aliphatic heterocycles. The van der Waals surface area contributed by atoms with Crippen molar-refractivity contribution in [3.8, 4) is 11.5 Å². The van der Waals surface area contributed by atoms with Gasteiger partial charge in [-0.2, -0.15) is 0 Å². The highest BCUT2D eigenvalue weighted by molar-refractivity contribution is 5.96. The Morgan fingerprint density at radius 2 is 1.53 bits per heavy atom. The van der Waals surface area contributed by atoms with Gasteiger partial charge >= 0.3 is 0 Å². The summed E-state index contributed by atoms with van der Waals surface area (Å²) in [5, 5.41) is 0. The number of methoxy groups -OCH3 is 2. The second kappa shape index (κ2) is 6.63. The Morgan fingerprint density at radius 3 is 1.95 bits per heavy atom. The van der Waals surface area contributed by atoms with Gasteiger partial charge in [0, 0.05) is 17.5 Å². The Balaban J connectivity index is 2.79. The van der Waals surface area contributed by atoms with Crippen LogP contribution in [0.1, 0.15) is 24.2 Å². The number of carbonyl (C=O) groups is 2. The highest BCUT2D eigenvalue weighted by atomic mass is 16.5. The molecule has 0 aromatic heterocycles. The minimum absolute atomic E-state index is 0.208. The predicted molar refractivity (Wildman–Crippen MR) is 70.0 cm³/mol. The van der Waals surface area contributed by atoms with Gasteiger partial charge in [-0.05, 0) is 12.1 Å². The minimum atomic E-state index is -0.439. The number of carbonyl (C=O) groups excluding carboxylic acids is 2. The molecule has 2 amide bonds. The largest absolute Gasteiger partial charge is 0.497 e. The lowest BCUT2D eigenvalue weighted by atomic mass is 10.2. The molecule has 0 fully saturated rings. The molecule has 6 heteroatoms. The molecule has 0 radical (unpaired) electrons. The molecule has 19 heavy (non-hydrogen) atoms. The first-order valence-electron chi connectivity index (χ1n) is 5.81.